The molecule has 1 N–H and O–H groups in total. The van der Waals surface area contributed by atoms with Crippen LogP contribution in [0.2, 0.25) is 10.0 Å². The molecule has 7 nitrogen and oxygen atoms in total. The van der Waals surface area contributed by atoms with Gasteiger partial charge in [0.1, 0.15) is 23.9 Å². The van der Waals surface area contributed by atoms with Crippen LogP contribution >= 0.6 is 23.2 Å². The fourth-order valence-electron chi connectivity index (χ4n) is 3.64. The maximum absolute atomic E-state index is 12.5. The van der Waals surface area contributed by atoms with Crippen LogP contribution in [0.3, 0.4) is 0 Å². The molecule has 0 saturated carbocycles. The number of hydrogen-bond donors (Lipinski definition) is 1. The van der Waals surface area contributed by atoms with E-state index in [-0.39, 0.29) is 24.8 Å². The number of amides is 2. The first-order valence-electron chi connectivity index (χ1n) is 11.5. The average Bonchev–Trinajstić information content (AvgIpc) is 2.85. The first-order chi connectivity index (χ1) is 17.4. The second kappa shape index (κ2) is 12.0. The van der Waals surface area contributed by atoms with E-state index in [1.807, 2.05) is 31.2 Å². The van der Waals surface area contributed by atoms with Crippen molar-refractivity contribution in [1.29, 1.82) is 0 Å². The first-order valence-corrected chi connectivity index (χ1v) is 12.3. The topological polar surface area (TPSA) is 77.1 Å². The Kier molecular flexibility index (Phi) is 8.57. The van der Waals surface area contributed by atoms with Crippen LogP contribution in [0.5, 0.6) is 17.2 Å². The minimum absolute atomic E-state index is 0.0408. The van der Waals surface area contributed by atoms with Crippen molar-refractivity contribution in [2.24, 2.45) is 0 Å². The Morgan fingerprint density at radius 3 is 2.61 bits per heavy atom. The van der Waals surface area contributed by atoms with Crippen molar-refractivity contribution < 1.29 is 23.8 Å². The summed E-state index contributed by atoms with van der Waals surface area (Å²) < 4.78 is 17.0. The number of anilines is 2. The number of nitrogens with one attached hydrogen (secondary N) is 1. The molecule has 0 radical (unpaired) electrons. The zero-order chi connectivity index (χ0) is 25.5. The molecule has 36 heavy (non-hydrogen) atoms. The molecule has 1 heterocycles. The molecule has 3 aromatic rings. The quantitative estimate of drug-likeness (QED) is 0.331. The molecule has 1 aliphatic rings. The Labute approximate surface area is 219 Å². The Morgan fingerprint density at radius 1 is 1.03 bits per heavy atom. The molecule has 0 bridgehead atoms. The monoisotopic (exact) mass is 528 g/mol. The lowest BCUT2D eigenvalue weighted by Gasteiger charge is -2.29. The van der Waals surface area contributed by atoms with Gasteiger partial charge in [-0.1, -0.05) is 40.9 Å². The van der Waals surface area contributed by atoms with Crippen molar-refractivity contribution in [2.45, 2.75) is 19.8 Å². The van der Waals surface area contributed by atoms with Gasteiger partial charge in [0.15, 0.2) is 6.61 Å². The Morgan fingerprint density at radius 2 is 1.83 bits per heavy atom. The number of aryl methyl sites for hydroxylation is 1. The predicted octanol–water partition coefficient (Wildman–Crippen LogP) is 5.90. The van der Waals surface area contributed by atoms with Crippen LogP contribution < -0.4 is 24.4 Å². The predicted molar refractivity (Wildman–Crippen MR) is 141 cm³/mol. The lowest BCUT2D eigenvalue weighted by molar-refractivity contribution is -0.121. The highest BCUT2D eigenvalue weighted by atomic mass is 35.5. The van der Waals surface area contributed by atoms with E-state index in [9.17, 15) is 9.59 Å². The molecule has 0 aliphatic carbocycles. The zero-order valence-corrected chi connectivity index (χ0v) is 21.3. The van der Waals surface area contributed by atoms with Gasteiger partial charge in [-0.3, -0.25) is 9.59 Å². The summed E-state index contributed by atoms with van der Waals surface area (Å²) in [6, 6.07) is 18.0. The highest BCUT2D eigenvalue weighted by Gasteiger charge is 2.26. The van der Waals surface area contributed by atoms with Gasteiger partial charge in [0, 0.05) is 17.1 Å². The second-order valence-electron chi connectivity index (χ2n) is 8.25. The van der Waals surface area contributed by atoms with Crippen molar-refractivity contribution in [1.82, 2.24) is 0 Å². The fourth-order valence-corrected chi connectivity index (χ4v) is 4.11. The SMILES string of the molecule is Cc1ccc(OCCN2C(=O)COc3ccc(NC(=O)CCCOc4ccc(Cl)cc4Cl)cc32)cc1. The van der Waals surface area contributed by atoms with Crippen LogP contribution in [-0.2, 0) is 9.59 Å². The lowest BCUT2D eigenvalue weighted by Crippen LogP contribution is -2.41. The van der Waals surface area contributed by atoms with Crippen LogP contribution in [0.4, 0.5) is 11.4 Å². The molecule has 0 atom stereocenters. The summed E-state index contributed by atoms with van der Waals surface area (Å²) in [4.78, 5) is 26.6. The third-order valence-electron chi connectivity index (χ3n) is 5.49. The van der Waals surface area contributed by atoms with Crippen LogP contribution in [0.25, 0.3) is 0 Å². The van der Waals surface area contributed by atoms with Crippen molar-refractivity contribution in [3.63, 3.8) is 0 Å². The molecule has 1 aliphatic heterocycles. The van der Waals surface area contributed by atoms with Gasteiger partial charge in [0.25, 0.3) is 5.91 Å². The van der Waals surface area contributed by atoms with E-state index in [4.69, 9.17) is 37.4 Å². The largest absolute Gasteiger partial charge is 0.492 e. The number of rotatable bonds is 10. The van der Waals surface area contributed by atoms with Gasteiger partial charge in [-0.05, 0) is 61.9 Å². The molecule has 3 aromatic carbocycles. The van der Waals surface area contributed by atoms with Gasteiger partial charge < -0.3 is 24.4 Å². The number of fused-ring (bicyclic) bond motifs is 1. The number of ether oxygens (including phenoxy) is 3. The smallest absolute Gasteiger partial charge is 0.265 e. The number of carbonyl (C=O) groups is 2. The molecular weight excluding hydrogens is 503 g/mol. The third-order valence-corrected chi connectivity index (χ3v) is 6.02. The molecule has 4 rings (SSSR count). The Bertz CT molecular complexity index is 1230. The maximum atomic E-state index is 12.5. The van der Waals surface area contributed by atoms with Gasteiger partial charge in [-0.25, -0.2) is 0 Å². The van der Waals surface area contributed by atoms with Gasteiger partial charge in [-0.15, -0.1) is 0 Å². The average molecular weight is 529 g/mol. The van der Waals surface area contributed by atoms with Crippen LogP contribution in [0.15, 0.2) is 60.7 Å². The van der Waals surface area contributed by atoms with E-state index < -0.39 is 0 Å². The van der Waals surface area contributed by atoms with Gasteiger partial charge in [0.2, 0.25) is 5.91 Å². The minimum Gasteiger partial charge on any atom is -0.492 e. The zero-order valence-electron chi connectivity index (χ0n) is 19.8. The Hall–Kier alpha value is -3.42. The molecule has 0 fully saturated rings. The summed E-state index contributed by atoms with van der Waals surface area (Å²) in [5, 5.41) is 3.82. The van der Waals surface area contributed by atoms with Gasteiger partial charge in [-0.2, -0.15) is 0 Å². The fraction of sp³-hybridized carbons (Fsp3) is 0.259. The van der Waals surface area contributed by atoms with Gasteiger partial charge >= 0.3 is 0 Å². The normalized spacial score (nSPS) is 12.5. The van der Waals surface area contributed by atoms with Crippen molar-refractivity contribution in [3.8, 4) is 17.2 Å². The molecule has 2 amide bonds. The molecule has 0 aromatic heterocycles. The molecule has 188 valence electrons. The summed E-state index contributed by atoms with van der Waals surface area (Å²) in [5.74, 6) is 1.50. The first kappa shape index (κ1) is 25.7. The van der Waals surface area contributed by atoms with E-state index in [0.717, 1.165) is 11.3 Å². The Balaban J connectivity index is 1.30. The van der Waals surface area contributed by atoms with E-state index in [0.29, 0.717) is 59.1 Å². The molecule has 0 unspecified atom stereocenters. The summed E-state index contributed by atoms with van der Waals surface area (Å²) in [6.45, 7) is 2.97. The molecular formula is C27H26Cl2N2O5. The van der Waals surface area contributed by atoms with Gasteiger partial charge in [0.05, 0.1) is 23.9 Å². The van der Waals surface area contributed by atoms with E-state index in [1.165, 1.54) is 0 Å². The molecule has 0 spiro atoms. The van der Waals surface area contributed by atoms with Crippen molar-refractivity contribution in [3.05, 3.63) is 76.3 Å². The number of carbonyl (C=O) groups excluding carboxylic acids is 2. The standard InChI is InChI=1S/C27H26Cl2N2O5/c1-18-4-8-21(9-5-18)34-14-12-31-23-16-20(7-11-25(23)36-17-27(31)33)30-26(32)3-2-13-35-24-10-6-19(28)15-22(24)29/h4-11,15-16H,2-3,12-14,17H2,1H3,(H,30,32). The summed E-state index contributed by atoms with van der Waals surface area (Å²) in [6.07, 6.45) is 0.756. The highest BCUT2D eigenvalue weighted by molar-refractivity contribution is 6.35. The van der Waals surface area contributed by atoms with Crippen LogP contribution in [-0.4, -0.2) is 38.2 Å². The van der Waals surface area contributed by atoms with E-state index in [1.54, 1.807) is 41.3 Å². The second-order valence-corrected chi connectivity index (χ2v) is 9.10. The molecule has 0 saturated heterocycles. The number of benzene rings is 3. The number of halogens is 2. The van der Waals surface area contributed by atoms with E-state index >= 15 is 0 Å². The maximum Gasteiger partial charge on any atom is 0.265 e. The summed E-state index contributed by atoms with van der Waals surface area (Å²) in [7, 11) is 0. The number of nitrogens with zero attached hydrogens (tertiary/aromatic N) is 1. The van der Waals surface area contributed by atoms with Crippen molar-refractivity contribution in [2.75, 3.05) is 36.6 Å². The minimum atomic E-state index is -0.170. The van der Waals surface area contributed by atoms with E-state index in [2.05, 4.69) is 5.32 Å². The lowest BCUT2D eigenvalue weighted by atomic mass is 10.2. The van der Waals surface area contributed by atoms with Crippen molar-refractivity contribution >= 4 is 46.4 Å². The van der Waals surface area contributed by atoms with Crippen LogP contribution in [0.1, 0.15) is 18.4 Å². The third kappa shape index (κ3) is 6.83. The summed E-state index contributed by atoms with van der Waals surface area (Å²) in [5.41, 5.74) is 2.31. The highest BCUT2D eigenvalue weighted by Crippen LogP contribution is 2.34. The number of hydrogen-bond acceptors (Lipinski definition) is 5. The molecule has 9 heteroatoms. The summed E-state index contributed by atoms with van der Waals surface area (Å²) >= 11 is 12.0. The van der Waals surface area contributed by atoms with Crippen LogP contribution in [0, 0.1) is 6.92 Å².